The number of nitrogens with two attached hydrogens (primary N) is 1. The molecule has 64 valence electrons. The summed E-state index contributed by atoms with van der Waals surface area (Å²) >= 11 is 0. The standard InChI is InChI=1S/C8H15NO2/c1-11-8(10)7(9)6-4-2-3-5-6/h6-7H,2-5,9H2,1H3/t7-/m0/s1. The second kappa shape index (κ2) is 3.72. The molecule has 0 amide bonds. The van der Waals surface area contributed by atoms with Crippen molar-refractivity contribution in [1.29, 1.82) is 0 Å². The van der Waals surface area contributed by atoms with Gasteiger partial charge in [0, 0.05) is 0 Å². The maximum absolute atomic E-state index is 11.0. The minimum absolute atomic E-state index is 0.267. The highest BCUT2D eigenvalue weighted by atomic mass is 16.5. The molecular weight excluding hydrogens is 142 g/mol. The van der Waals surface area contributed by atoms with Crippen LogP contribution >= 0.6 is 0 Å². The van der Waals surface area contributed by atoms with Crippen molar-refractivity contribution in [1.82, 2.24) is 0 Å². The van der Waals surface area contributed by atoms with E-state index in [1.165, 1.54) is 20.0 Å². The normalized spacial score (nSPS) is 21.6. The van der Waals surface area contributed by atoms with Gasteiger partial charge in [-0.25, -0.2) is 0 Å². The van der Waals surface area contributed by atoms with E-state index in [4.69, 9.17) is 5.73 Å². The molecule has 0 aromatic heterocycles. The van der Waals surface area contributed by atoms with Crippen LogP contribution in [0.1, 0.15) is 25.7 Å². The van der Waals surface area contributed by atoms with Gasteiger partial charge in [0.1, 0.15) is 6.04 Å². The molecular formula is C8H15NO2. The monoisotopic (exact) mass is 157 g/mol. The molecule has 2 N–H and O–H groups in total. The number of hydrogen-bond acceptors (Lipinski definition) is 3. The SMILES string of the molecule is COC(=O)[C@@H](N)C1CCCC1. The Kier molecular flexibility index (Phi) is 2.88. The Hall–Kier alpha value is -0.570. The summed E-state index contributed by atoms with van der Waals surface area (Å²) < 4.78 is 4.56. The lowest BCUT2D eigenvalue weighted by atomic mass is 9.99. The highest BCUT2D eigenvalue weighted by molar-refractivity contribution is 5.75. The topological polar surface area (TPSA) is 52.3 Å². The highest BCUT2D eigenvalue weighted by Crippen LogP contribution is 2.27. The molecule has 11 heavy (non-hydrogen) atoms. The molecule has 0 spiro atoms. The first kappa shape index (κ1) is 8.53. The number of carbonyl (C=O) groups is 1. The largest absolute Gasteiger partial charge is 0.468 e. The van der Waals surface area contributed by atoms with E-state index in [2.05, 4.69) is 4.74 Å². The number of carbonyl (C=O) groups excluding carboxylic acids is 1. The Morgan fingerprint density at radius 2 is 2.09 bits per heavy atom. The number of ether oxygens (including phenoxy) is 1. The maximum atomic E-state index is 11.0. The molecule has 3 heteroatoms. The number of rotatable bonds is 2. The third-order valence-corrected chi connectivity index (χ3v) is 2.38. The van der Waals surface area contributed by atoms with Crippen LogP contribution in [0, 0.1) is 5.92 Å². The summed E-state index contributed by atoms with van der Waals surface area (Å²) in [4.78, 5) is 11.0. The van der Waals surface area contributed by atoms with Crippen LogP contribution in [0.2, 0.25) is 0 Å². The maximum Gasteiger partial charge on any atom is 0.322 e. The van der Waals surface area contributed by atoms with Gasteiger partial charge in [0.25, 0.3) is 0 Å². The van der Waals surface area contributed by atoms with Crippen molar-refractivity contribution < 1.29 is 9.53 Å². The average Bonchev–Trinajstić information content (AvgIpc) is 2.53. The summed E-state index contributed by atoms with van der Waals surface area (Å²) in [5, 5.41) is 0. The first-order valence-corrected chi connectivity index (χ1v) is 4.09. The molecule has 0 radical (unpaired) electrons. The van der Waals surface area contributed by atoms with Crippen LogP contribution in [0.4, 0.5) is 0 Å². The fraction of sp³-hybridized carbons (Fsp3) is 0.875. The minimum atomic E-state index is -0.387. The van der Waals surface area contributed by atoms with Gasteiger partial charge < -0.3 is 10.5 Å². The number of hydrogen-bond donors (Lipinski definition) is 1. The third-order valence-electron chi connectivity index (χ3n) is 2.38. The summed E-state index contributed by atoms with van der Waals surface area (Å²) in [6, 6.07) is -0.387. The summed E-state index contributed by atoms with van der Waals surface area (Å²) in [5.74, 6) is 0.0966. The highest BCUT2D eigenvalue weighted by Gasteiger charge is 2.27. The Labute approximate surface area is 66.9 Å². The molecule has 0 aromatic rings. The average molecular weight is 157 g/mol. The Bertz CT molecular complexity index is 141. The lowest BCUT2D eigenvalue weighted by Gasteiger charge is -2.15. The van der Waals surface area contributed by atoms with Crippen LogP contribution in [-0.4, -0.2) is 19.1 Å². The third kappa shape index (κ3) is 1.93. The van der Waals surface area contributed by atoms with Gasteiger partial charge in [-0.3, -0.25) is 4.79 Å². The summed E-state index contributed by atoms with van der Waals surface area (Å²) in [6.07, 6.45) is 4.57. The van der Waals surface area contributed by atoms with Crippen LogP contribution in [-0.2, 0) is 9.53 Å². The number of esters is 1. The van der Waals surface area contributed by atoms with Gasteiger partial charge in [0.15, 0.2) is 0 Å². The van der Waals surface area contributed by atoms with Gasteiger partial charge in [-0.05, 0) is 18.8 Å². The van der Waals surface area contributed by atoms with Crippen molar-refractivity contribution in [3.63, 3.8) is 0 Å². The zero-order chi connectivity index (χ0) is 8.27. The van der Waals surface area contributed by atoms with Crippen LogP contribution in [0.5, 0.6) is 0 Å². The minimum Gasteiger partial charge on any atom is -0.468 e. The van der Waals surface area contributed by atoms with E-state index in [9.17, 15) is 4.79 Å². The van der Waals surface area contributed by atoms with Gasteiger partial charge in [-0.2, -0.15) is 0 Å². The van der Waals surface area contributed by atoms with Crippen molar-refractivity contribution in [3.05, 3.63) is 0 Å². The van der Waals surface area contributed by atoms with Crippen molar-refractivity contribution in [2.75, 3.05) is 7.11 Å². The molecule has 0 bridgehead atoms. The first-order valence-electron chi connectivity index (χ1n) is 4.09. The molecule has 0 aromatic carbocycles. The molecule has 0 heterocycles. The summed E-state index contributed by atoms with van der Waals surface area (Å²) in [6.45, 7) is 0. The van der Waals surface area contributed by atoms with Gasteiger partial charge in [-0.1, -0.05) is 12.8 Å². The smallest absolute Gasteiger partial charge is 0.322 e. The lowest BCUT2D eigenvalue weighted by Crippen LogP contribution is -2.37. The van der Waals surface area contributed by atoms with Crippen LogP contribution in [0.3, 0.4) is 0 Å². The van der Waals surface area contributed by atoms with Crippen molar-refractivity contribution in [2.24, 2.45) is 11.7 Å². The molecule has 0 unspecified atom stereocenters. The van der Waals surface area contributed by atoms with Crippen LogP contribution < -0.4 is 5.73 Å². The summed E-state index contributed by atoms with van der Waals surface area (Å²) in [5.41, 5.74) is 5.66. The Morgan fingerprint density at radius 1 is 1.55 bits per heavy atom. The second-order valence-corrected chi connectivity index (χ2v) is 3.09. The van der Waals surface area contributed by atoms with Crippen molar-refractivity contribution in [3.8, 4) is 0 Å². The van der Waals surface area contributed by atoms with Gasteiger partial charge >= 0.3 is 5.97 Å². The summed E-state index contributed by atoms with van der Waals surface area (Å²) in [7, 11) is 1.39. The van der Waals surface area contributed by atoms with Crippen LogP contribution in [0.15, 0.2) is 0 Å². The predicted octanol–water partition coefficient (Wildman–Crippen LogP) is 0.677. The Balaban J connectivity index is 2.39. The fourth-order valence-corrected chi connectivity index (χ4v) is 1.65. The van der Waals surface area contributed by atoms with E-state index in [1.807, 2.05) is 0 Å². The molecule has 1 saturated carbocycles. The second-order valence-electron chi connectivity index (χ2n) is 3.09. The first-order chi connectivity index (χ1) is 5.25. The molecule has 1 rings (SSSR count). The van der Waals surface area contributed by atoms with Gasteiger partial charge in [-0.15, -0.1) is 0 Å². The van der Waals surface area contributed by atoms with Crippen molar-refractivity contribution >= 4 is 5.97 Å². The molecule has 1 fully saturated rings. The molecule has 0 saturated heterocycles. The number of methoxy groups -OCH3 is 1. The molecule has 1 aliphatic rings. The molecule has 0 aliphatic heterocycles. The van der Waals surface area contributed by atoms with Gasteiger partial charge in [0.2, 0.25) is 0 Å². The van der Waals surface area contributed by atoms with E-state index in [0.717, 1.165) is 12.8 Å². The van der Waals surface area contributed by atoms with E-state index in [1.54, 1.807) is 0 Å². The predicted molar refractivity (Wildman–Crippen MR) is 41.9 cm³/mol. The van der Waals surface area contributed by atoms with Crippen molar-refractivity contribution in [2.45, 2.75) is 31.7 Å². The van der Waals surface area contributed by atoms with E-state index in [-0.39, 0.29) is 12.0 Å². The molecule has 1 aliphatic carbocycles. The lowest BCUT2D eigenvalue weighted by molar-refractivity contribution is -0.143. The Morgan fingerprint density at radius 3 is 2.55 bits per heavy atom. The van der Waals surface area contributed by atoms with E-state index >= 15 is 0 Å². The molecule has 1 atom stereocenters. The quantitative estimate of drug-likeness (QED) is 0.599. The van der Waals surface area contributed by atoms with Gasteiger partial charge in [0.05, 0.1) is 7.11 Å². The van der Waals surface area contributed by atoms with E-state index in [0.29, 0.717) is 5.92 Å². The van der Waals surface area contributed by atoms with Crippen LogP contribution in [0.25, 0.3) is 0 Å². The fourth-order valence-electron chi connectivity index (χ4n) is 1.65. The zero-order valence-corrected chi connectivity index (χ0v) is 6.88. The molecule has 3 nitrogen and oxygen atoms in total. The zero-order valence-electron chi connectivity index (χ0n) is 6.88. The van der Waals surface area contributed by atoms with E-state index < -0.39 is 0 Å².